The van der Waals surface area contributed by atoms with Crippen molar-refractivity contribution in [2.24, 2.45) is 11.1 Å². The number of nitrogens with two attached hydrogens (primary N) is 1. The second-order valence-electron chi connectivity index (χ2n) is 5.81. The fourth-order valence-corrected chi connectivity index (χ4v) is 1.56. The van der Waals surface area contributed by atoms with Gasteiger partial charge < -0.3 is 16.4 Å². The normalized spacial score (nSPS) is 14.9. The maximum absolute atomic E-state index is 11.9. The van der Waals surface area contributed by atoms with Gasteiger partial charge in [-0.15, -0.1) is 0 Å². The maximum atomic E-state index is 11.9. The molecule has 7 nitrogen and oxygen atoms in total. The first-order chi connectivity index (χ1) is 9.40. The molecule has 1 saturated carbocycles. The fourth-order valence-electron chi connectivity index (χ4n) is 1.56. The van der Waals surface area contributed by atoms with Crippen LogP contribution in [0.4, 0.5) is 5.69 Å². The largest absolute Gasteiger partial charge is 0.352 e. The lowest BCUT2D eigenvalue weighted by molar-refractivity contribution is -0.123. The summed E-state index contributed by atoms with van der Waals surface area (Å²) in [6, 6.07) is 0.336. The molecule has 1 heterocycles. The van der Waals surface area contributed by atoms with Crippen molar-refractivity contribution in [2.45, 2.75) is 39.3 Å². The standard InChI is InChI=1S/C13H21N5O2/c1-13(2,8-14)12(20)17-10-5-15-18(6-10)7-11(19)16-9-3-4-9/h5-6,9H,3-4,7-8,14H2,1-2H3,(H,16,19)(H,17,20). The van der Waals surface area contributed by atoms with Crippen molar-refractivity contribution in [1.29, 1.82) is 0 Å². The molecule has 0 aromatic carbocycles. The highest BCUT2D eigenvalue weighted by atomic mass is 16.2. The van der Waals surface area contributed by atoms with Gasteiger partial charge in [0, 0.05) is 18.8 Å². The Hall–Kier alpha value is -1.89. The zero-order valence-corrected chi connectivity index (χ0v) is 11.8. The Morgan fingerprint density at radius 3 is 2.80 bits per heavy atom. The van der Waals surface area contributed by atoms with Crippen molar-refractivity contribution in [3.8, 4) is 0 Å². The molecule has 1 aliphatic rings. The molecule has 20 heavy (non-hydrogen) atoms. The zero-order chi connectivity index (χ0) is 14.8. The maximum Gasteiger partial charge on any atom is 0.241 e. The van der Waals surface area contributed by atoms with Crippen LogP contribution in [0.15, 0.2) is 12.4 Å². The van der Waals surface area contributed by atoms with Crippen LogP contribution in [0.5, 0.6) is 0 Å². The minimum absolute atomic E-state index is 0.0595. The van der Waals surface area contributed by atoms with E-state index < -0.39 is 5.41 Å². The lowest BCUT2D eigenvalue weighted by Gasteiger charge is -2.20. The predicted molar refractivity (Wildman–Crippen MR) is 74.9 cm³/mol. The molecule has 110 valence electrons. The van der Waals surface area contributed by atoms with Crippen LogP contribution < -0.4 is 16.4 Å². The number of amides is 2. The average Bonchev–Trinajstić information content (AvgIpc) is 3.09. The first-order valence-corrected chi connectivity index (χ1v) is 6.74. The Bertz CT molecular complexity index is 505. The summed E-state index contributed by atoms with van der Waals surface area (Å²) in [5.74, 6) is -0.224. The Labute approximate surface area is 117 Å². The minimum atomic E-state index is -0.633. The van der Waals surface area contributed by atoms with Crippen LogP contribution in [0.2, 0.25) is 0 Å². The highest BCUT2D eigenvalue weighted by Gasteiger charge is 2.26. The van der Waals surface area contributed by atoms with Crippen molar-refractivity contribution in [3.05, 3.63) is 12.4 Å². The summed E-state index contributed by atoms with van der Waals surface area (Å²) in [6.45, 7) is 3.97. The molecule has 7 heteroatoms. The van der Waals surface area contributed by atoms with Crippen LogP contribution in [0.1, 0.15) is 26.7 Å². The van der Waals surface area contributed by atoms with Gasteiger partial charge in [0.15, 0.2) is 0 Å². The Balaban J connectivity index is 1.88. The van der Waals surface area contributed by atoms with Gasteiger partial charge in [-0.25, -0.2) is 0 Å². The van der Waals surface area contributed by atoms with Gasteiger partial charge in [0.25, 0.3) is 0 Å². The van der Waals surface area contributed by atoms with Crippen LogP contribution in [0.3, 0.4) is 0 Å². The second kappa shape index (κ2) is 5.62. The van der Waals surface area contributed by atoms with Crippen molar-refractivity contribution in [3.63, 3.8) is 0 Å². The van der Waals surface area contributed by atoms with E-state index >= 15 is 0 Å². The molecule has 0 aliphatic heterocycles. The van der Waals surface area contributed by atoms with E-state index in [-0.39, 0.29) is 24.9 Å². The van der Waals surface area contributed by atoms with E-state index in [1.807, 2.05) is 0 Å². The van der Waals surface area contributed by atoms with Gasteiger partial charge >= 0.3 is 0 Å². The van der Waals surface area contributed by atoms with E-state index in [1.54, 1.807) is 20.0 Å². The van der Waals surface area contributed by atoms with E-state index in [4.69, 9.17) is 5.73 Å². The smallest absolute Gasteiger partial charge is 0.241 e. The minimum Gasteiger partial charge on any atom is -0.352 e. The molecule has 0 spiro atoms. The van der Waals surface area contributed by atoms with Crippen molar-refractivity contribution < 1.29 is 9.59 Å². The number of nitrogens with zero attached hydrogens (tertiary/aromatic N) is 2. The SMILES string of the molecule is CC(C)(CN)C(=O)Nc1cnn(CC(=O)NC2CC2)c1. The van der Waals surface area contributed by atoms with Gasteiger partial charge in [0.1, 0.15) is 6.54 Å². The molecule has 0 bridgehead atoms. The van der Waals surface area contributed by atoms with Crippen LogP contribution in [0, 0.1) is 5.41 Å². The lowest BCUT2D eigenvalue weighted by Crippen LogP contribution is -2.37. The summed E-state index contributed by atoms with van der Waals surface area (Å²) in [4.78, 5) is 23.6. The molecule has 1 fully saturated rings. The molecule has 4 N–H and O–H groups in total. The van der Waals surface area contributed by atoms with E-state index in [1.165, 1.54) is 10.9 Å². The third kappa shape index (κ3) is 3.80. The van der Waals surface area contributed by atoms with Crippen LogP contribution in [-0.2, 0) is 16.1 Å². The summed E-state index contributed by atoms with van der Waals surface area (Å²) >= 11 is 0. The quantitative estimate of drug-likeness (QED) is 0.686. The summed E-state index contributed by atoms with van der Waals surface area (Å²) in [5.41, 5.74) is 5.48. The van der Waals surface area contributed by atoms with Crippen molar-refractivity contribution in [2.75, 3.05) is 11.9 Å². The fraction of sp³-hybridized carbons (Fsp3) is 0.615. The number of hydrogen-bond acceptors (Lipinski definition) is 4. The Kier molecular flexibility index (Phi) is 4.08. The molecule has 0 atom stereocenters. The lowest BCUT2D eigenvalue weighted by atomic mass is 9.93. The van der Waals surface area contributed by atoms with Crippen LogP contribution in [-0.4, -0.2) is 34.2 Å². The number of anilines is 1. The number of nitrogens with one attached hydrogen (secondary N) is 2. The number of aromatic nitrogens is 2. The summed E-state index contributed by atoms with van der Waals surface area (Å²) in [5, 5.41) is 9.68. The topological polar surface area (TPSA) is 102 Å². The summed E-state index contributed by atoms with van der Waals surface area (Å²) < 4.78 is 1.50. The molecular weight excluding hydrogens is 258 g/mol. The monoisotopic (exact) mass is 279 g/mol. The van der Waals surface area contributed by atoms with Crippen molar-refractivity contribution >= 4 is 17.5 Å². The van der Waals surface area contributed by atoms with Crippen LogP contribution >= 0.6 is 0 Å². The molecule has 2 rings (SSSR count). The third-order valence-corrected chi connectivity index (χ3v) is 3.26. The molecule has 2 amide bonds. The van der Waals surface area contributed by atoms with Gasteiger partial charge in [-0.3, -0.25) is 14.3 Å². The second-order valence-corrected chi connectivity index (χ2v) is 5.81. The van der Waals surface area contributed by atoms with E-state index in [9.17, 15) is 9.59 Å². The van der Waals surface area contributed by atoms with Crippen LogP contribution in [0.25, 0.3) is 0 Å². The van der Waals surface area contributed by atoms with Gasteiger partial charge in [0.2, 0.25) is 11.8 Å². The highest BCUT2D eigenvalue weighted by Crippen LogP contribution is 2.19. The van der Waals surface area contributed by atoms with E-state index in [2.05, 4.69) is 15.7 Å². The number of rotatable bonds is 6. The number of hydrogen-bond donors (Lipinski definition) is 3. The summed E-state index contributed by atoms with van der Waals surface area (Å²) in [7, 11) is 0. The van der Waals surface area contributed by atoms with Gasteiger partial charge in [-0.05, 0) is 26.7 Å². The van der Waals surface area contributed by atoms with Gasteiger partial charge in [-0.1, -0.05) is 0 Å². The first-order valence-electron chi connectivity index (χ1n) is 6.74. The average molecular weight is 279 g/mol. The molecule has 1 aromatic heterocycles. The number of carbonyl (C=O) groups is 2. The Morgan fingerprint density at radius 1 is 1.50 bits per heavy atom. The van der Waals surface area contributed by atoms with E-state index in [0.29, 0.717) is 11.7 Å². The molecule has 1 aliphatic carbocycles. The Morgan fingerprint density at radius 2 is 2.20 bits per heavy atom. The highest BCUT2D eigenvalue weighted by molar-refractivity contribution is 5.94. The van der Waals surface area contributed by atoms with E-state index in [0.717, 1.165) is 12.8 Å². The third-order valence-electron chi connectivity index (χ3n) is 3.26. The first kappa shape index (κ1) is 14.5. The molecule has 1 aromatic rings. The number of carbonyl (C=O) groups excluding carboxylic acids is 2. The van der Waals surface area contributed by atoms with Gasteiger partial charge in [0.05, 0.1) is 17.3 Å². The predicted octanol–water partition coefficient (Wildman–Crippen LogP) is 0.0851. The van der Waals surface area contributed by atoms with Crippen molar-refractivity contribution in [1.82, 2.24) is 15.1 Å². The van der Waals surface area contributed by atoms with Gasteiger partial charge in [-0.2, -0.15) is 5.10 Å². The molecule has 0 radical (unpaired) electrons. The molecular formula is C13H21N5O2. The molecule has 0 saturated heterocycles. The summed E-state index contributed by atoms with van der Waals surface area (Å²) in [6.07, 6.45) is 5.27. The zero-order valence-electron chi connectivity index (χ0n) is 11.8. The molecule has 0 unspecified atom stereocenters.